The Morgan fingerprint density at radius 1 is 0.947 bits per heavy atom. The first-order valence-corrected chi connectivity index (χ1v) is 8.23. The van der Waals surface area contributed by atoms with Crippen molar-refractivity contribution in [3.63, 3.8) is 0 Å². The van der Waals surface area contributed by atoms with Crippen molar-refractivity contribution in [2.45, 2.75) is 70.8 Å². The van der Waals surface area contributed by atoms with E-state index in [4.69, 9.17) is 0 Å². The van der Waals surface area contributed by atoms with Gasteiger partial charge in [0.1, 0.15) is 0 Å². The fraction of sp³-hybridized carbons (Fsp3) is 0.667. The molecule has 1 saturated carbocycles. The topological polar surface area (TPSA) is 3.24 Å². The van der Waals surface area contributed by atoms with Gasteiger partial charge in [0.25, 0.3) is 0 Å². The lowest BCUT2D eigenvalue weighted by atomic mass is 9.93. The summed E-state index contributed by atoms with van der Waals surface area (Å²) in [5.74, 6) is 0. The number of nitrogens with zero attached hydrogens (tertiary/aromatic N) is 1. The smallest absolute Gasteiger partial charge is 0.0368 e. The van der Waals surface area contributed by atoms with Crippen LogP contribution in [0.4, 0.5) is 5.69 Å². The third-order valence-electron chi connectivity index (χ3n) is 4.36. The van der Waals surface area contributed by atoms with Crippen molar-refractivity contribution in [3.8, 4) is 0 Å². The van der Waals surface area contributed by atoms with Gasteiger partial charge in [-0.05, 0) is 31.4 Å². The van der Waals surface area contributed by atoms with Crippen LogP contribution in [0, 0.1) is 0 Å². The molecule has 0 heterocycles. The van der Waals surface area contributed by atoms with Crippen LogP contribution in [0.5, 0.6) is 0 Å². The molecule has 0 bridgehead atoms. The Labute approximate surface area is 119 Å². The van der Waals surface area contributed by atoms with Gasteiger partial charge in [-0.3, -0.25) is 0 Å². The Morgan fingerprint density at radius 3 is 2.37 bits per heavy atom. The quantitative estimate of drug-likeness (QED) is 0.592. The Bertz CT molecular complexity index is 327. The lowest BCUT2D eigenvalue weighted by molar-refractivity contribution is 0.410. The van der Waals surface area contributed by atoms with Crippen molar-refractivity contribution in [1.29, 1.82) is 0 Å². The normalized spacial score (nSPS) is 16.5. The third kappa shape index (κ3) is 4.56. The number of anilines is 1. The lowest BCUT2D eigenvalue weighted by Crippen LogP contribution is -2.37. The van der Waals surface area contributed by atoms with Crippen LogP contribution in [0.25, 0.3) is 0 Å². The largest absolute Gasteiger partial charge is 0.369 e. The van der Waals surface area contributed by atoms with Gasteiger partial charge in [-0.25, -0.2) is 0 Å². The number of unbranched alkanes of at least 4 members (excludes halogenated alkanes) is 3. The van der Waals surface area contributed by atoms with Crippen LogP contribution in [-0.2, 0) is 0 Å². The maximum absolute atomic E-state index is 2.69. The summed E-state index contributed by atoms with van der Waals surface area (Å²) in [7, 11) is 0. The van der Waals surface area contributed by atoms with Gasteiger partial charge in [0, 0.05) is 18.3 Å². The highest BCUT2D eigenvalue weighted by atomic mass is 15.2. The van der Waals surface area contributed by atoms with E-state index in [0.29, 0.717) is 0 Å². The summed E-state index contributed by atoms with van der Waals surface area (Å²) < 4.78 is 0. The monoisotopic (exact) mass is 259 g/mol. The maximum Gasteiger partial charge on any atom is 0.0368 e. The second-order valence-electron chi connectivity index (χ2n) is 5.88. The molecule has 1 aliphatic carbocycles. The van der Waals surface area contributed by atoms with Gasteiger partial charge in [-0.2, -0.15) is 0 Å². The van der Waals surface area contributed by atoms with Crippen LogP contribution in [-0.4, -0.2) is 12.6 Å². The Kier molecular flexibility index (Phi) is 6.26. The fourth-order valence-corrected chi connectivity index (χ4v) is 3.24. The third-order valence-corrected chi connectivity index (χ3v) is 4.36. The van der Waals surface area contributed by atoms with Gasteiger partial charge in [0.2, 0.25) is 0 Å². The van der Waals surface area contributed by atoms with Crippen molar-refractivity contribution in [2.24, 2.45) is 0 Å². The average molecular weight is 259 g/mol. The number of benzene rings is 1. The SMILES string of the molecule is CCCCCCN(c1ccccc1)C1CCCCC1. The molecule has 1 nitrogen and oxygen atoms in total. The predicted molar refractivity (Wildman–Crippen MR) is 84.8 cm³/mol. The van der Waals surface area contributed by atoms with E-state index in [1.807, 2.05) is 0 Å². The minimum atomic E-state index is 0.790. The molecule has 1 heteroatoms. The van der Waals surface area contributed by atoms with E-state index in [1.54, 1.807) is 0 Å². The summed E-state index contributed by atoms with van der Waals surface area (Å²) in [4.78, 5) is 2.69. The maximum atomic E-state index is 2.69. The van der Waals surface area contributed by atoms with Gasteiger partial charge in [0.05, 0.1) is 0 Å². The Hall–Kier alpha value is -0.980. The molecular formula is C18H29N. The van der Waals surface area contributed by atoms with Crippen molar-refractivity contribution in [2.75, 3.05) is 11.4 Å². The average Bonchev–Trinajstić information content (AvgIpc) is 2.49. The number of rotatable bonds is 7. The number of hydrogen-bond donors (Lipinski definition) is 0. The predicted octanol–water partition coefficient (Wildman–Crippen LogP) is 5.41. The molecule has 0 aliphatic heterocycles. The Morgan fingerprint density at radius 2 is 1.68 bits per heavy atom. The van der Waals surface area contributed by atoms with E-state index in [0.717, 1.165) is 6.04 Å². The van der Waals surface area contributed by atoms with Crippen molar-refractivity contribution in [3.05, 3.63) is 30.3 Å². The lowest BCUT2D eigenvalue weighted by Gasteiger charge is -2.36. The summed E-state index contributed by atoms with van der Waals surface area (Å²) >= 11 is 0. The summed E-state index contributed by atoms with van der Waals surface area (Å²) in [6.07, 6.45) is 12.5. The first-order chi connectivity index (χ1) is 9.42. The van der Waals surface area contributed by atoms with E-state index in [2.05, 4.69) is 42.2 Å². The molecule has 1 aromatic rings. The van der Waals surface area contributed by atoms with Gasteiger partial charge >= 0.3 is 0 Å². The first kappa shape index (κ1) is 14.4. The van der Waals surface area contributed by atoms with Gasteiger partial charge in [0.15, 0.2) is 0 Å². The van der Waals surface area contributed by atoms with E-state index in [1.165, 1.54) is 70.0 Å². The van der Waals surface area contributed by atoms with Crippen LogP contribution in [0.1, 0.15) is 64.7 Å². The molecule has 0 radical (unpaired) electrons. The molecule has 2 rings (SSSR count). The first-order valence-electron chi connectivity index (χ1n) is 8.23. The molecule has 106 valence electrons. The number of hydrogen-bond acceptors (Lipinski definition) is 1. The zero-order valence-corrected chi connectivity index (χ0v) is 12.5. The zero-order valence-electron chi connectivity index (χ0n) is 12.5. The Balaban J connectivity index is 1.96. The molecular weight excluding hydrogens is 230 g/mol. The molecule has 0 spiro atoms. The van der Waals surface area contributed by atoms with E-state index >= 15 is 0 Å². The van der Waals surface area contributed by atoms with E-state index in [-0.39, 0.29) is 0 Å². The van der Waals surface area contributed by atoms with Crippen LogP contribution < -0.4 is 4.90 Å². The van der Waals surface area contributed by atoms with Crippen LogP contribution in [0.3, 0.4) is 0 Å². The molecule has 0 amide bonds. The highest BCUT2D eigenvalue weighted by Crippen LogP contribution is 2.27. The molecule has 0 saturated heterocycles. The second-order valence-corrected chi connectivity index (χ2v) is 5.88. The van der Waals surface area contributed by atoms with E-state index < -0.39 is 0 Å². The van der Waals surface area contributed by atoms with Crippen molar-refractivity contribution < 1.29 is 0 Å². The van der Waals surface area contributed by atoms with Crippen molar-refractivity contribution in [1.82, 2.24) is 0 Å². The minimum absolute atomic E-state index is 0.790. The van der Waals surface area contributed by atoms with Crippen molar-refractivity contribution >= 4 is 5.69 Å². The van der Waals surface area contributed by atoms with Gasteiger partial charge in [-0.15, -0.1) is 0 Å². The van der Waals surface area contributed by atoms with Crippen LogP contribution in [0.2, 0.25) is 0 Å². The summed E-state index contributed by atoms with van der Waals surface area (Å²) in [6.45, 7) is 3.53. The molecule has 1 aliphatic rings. The standard InChI is InChI=1S/C18H29N/c1-2-3-4-11-16-19(17-12-7-5-8-13-17)18-14-9-6-10-15-18/h5,7-8,12-13,18H,2-4,6,9-11,14-16H2,1H3. The molecule has 1 aromatic carbocycles. The van der Waals surface area contributed by atoms with Gasteiger partial charge in [-0.1, -0.05) is 63.6 Å². The summed E-state index contributed by atoms with van der Waals surface area (Å²) in [5.41, 5.74) is 1.44. The summed E-state index contributed by atoms with van der Waals surface area (Å²) in [6, 6.07) is 11.8. The molecule has 0 atom stereocenters. The highest BCUT2D eigenvalue weighted by molar-refractivity contribution is 5.47. The number of para-hydroxylation sites is 1. The molecule has 0 unspecified atom stereocenters. The summed E-state index contributed by atoms with van der Waals surface area (Å²) in [5, 5.41) is 0. The molecule has 19 heavy (non-hydrogen) atoms. The van der Waals surface area contributed by atoms with Gasteiger partial charge < -0.3 is 4.90 Å². The molecule has 1 fully saturated rings. The molecule has 0 N–H and O–H groups in total. The second kappa shape index (κ2) is 8.24. The van der Waals surface area contributed by atoms with E-state index in [9.17, 15) is 0 Å². The van der Waals surface area contributed by atoms with Crippen LogP contribution >= 0.6 is 0 Å². The zero-order chi connectivity index (χ0) is 13.3. The molecule has 0 aromatic heterocycles. The van der Waals surface area contributed by atoms with Crippen LogP contribution in [0.15, 0.2) is 30.3 Å². The minimum Gasteiger partial charge on any atom is -0.369 e. The highest BCUT2D eigenvalue weighted by Gasteiger charge is 2.20. The fourth-order valence-electron chi connectivity index (χ4n) is 3.24.